The Morgan fingerprint density at radius 2 is 1.96 bits per heavy atom. The van der Waals surface area contributed by atoms with Crippen LogP contribution in [0.15, 0.2) is 51.9 Å². The van der Waals surface area contributed by atoms with E-state index in [0.717, 1.165) is 25.5 Å². The van der Waals surface area contributed by atoms with Gasteiger partial charge >= 0.3 is 11.9 Å². The lowest BCUT2D eigenvalue weighted by Gasteiger charge is -2.26. The monoisotopic (exact) mass is 346 g/mol. The summed E-state index contributed by atoms with van der Waals surface area (Å²) in [5.74, 6) is -1.57. The molecule has 0 spiro atoms. The Morgan fingerprint density at radius 1 is 1.28 bits per heavy atom. The summed E-state index contributed by atoms with van der Waals surface area (Å²) in [6.07, 6.45) is 0.212. The number of hydrogen-bond donors (Lipinski definition) is 3. The van der Waals surface area contributed by atoms with Crippen molar-refractivity contribution >= 4 is 5.97 Å². The lowest BCUT2D eigenvalue weighted by molar-refractivity contribution is -0.174. The molecule has 8 nitrogen and oxygen atoms in total. The summed E-state index contributed by atoms with van der Waals surface area (Å²) >= 11 is 0. The van der Waals surface area contributed by atoms with Gasteiger partial charge in [-0.15, -0.1) is 0 Å². The van der Waals surface area contributed by atoms with E-state index < -0.39 is 34.6 Å². The number of phenols is 1. The molecule has 2 unspecified atom stereocenters. The van der Waals surface area contributed by atoms with E-state index in [-0.39, 0.29) is 11.5 Å². The fourth-order valence-electron chi connectivity index (χ4n) is 2.51. The van der Waals surface area contributed by atoms with E-state index in [0.29, 0.717) is 5.56 Å². The molecule has 1 aliphatic heterocycles. The van der Waals surface area contributed by atoms with Gasteiger partial charge in [0.25, 0.3) is 0 Å². The Morgan fingerprint density at radius 3 is 2.60 bits per heavy atom. The second kappa shape index (κ2) is 6.08. The van der Waals surface area contributed by atoms with E-state index in [9.17, 15) is 24.9 Å². The van der Waals surface area contributed by atoms with Crippen molar-refractivity contribution in [1.82, 2.24) is 0 Å². The smallest absolute Gasteiger partial charge is 0.346 e. The molecule has 25 heavy (non-hydrogen) atoms. The summed E-state index contributed by atoms with van der Waals surface area (Å²) in [5, 5.41) is 30.1. The summed E-state index contributed by atoms with van der Waals surface area (Å²) < 4.78 is 15.2. The third-order valence-electron chi connectivity index (χ3n) is 3.81. The van der Waals surface area contributed by atoms with Gasteiger partial charge in [0.2, 0.25) is 5.60 Å². The Balaban J connectivity index is 2.22. The first-order valence-electron chi connectivity index (χ1n) is 7.18. The van der Waals surface area contributed by atoms with Crippen LogP contribution in [-0.2, 0) is 15.1 Å². The molecule has 0 bridgehead atoms. The first-order valence-corrected chi connectivity index (χ1v) is 7.18. The number of carbonyl (C=O) groups is 1. The minimum Gasteiger partial charge on any atom is -0.508 e. The zero-order valence-corrected chi connectivity index (χ0v) is 13.0. The van der Waals surface area contributed by atoms with Gasteiger partial charge in [0, 0.05) is 11.6 Å². The lowest BCUT2D eigenvalue weighted by Crippen LogP contribution is -2.49. The van der Waals surface area contributed by atoms with Crippen LogP contribution in [0.5, 0.6) is 11.7 Å². The molecule has 0 radical (unpaired) electrons. The SMILES string of the molecule is COC(=O)C1(O)c2c(oc(-c3ccc(O)cc3)cc2=O)OC=CC1O. The molecule has 3 N–H and O–H groups in total. The Hall–Kier alpha value is -3.10. The zero-order chi connectivity index (χ0) is 18.2. The molecule has 0 saturated heterocycles. The summed E-state index contributed by atoms with van der Waals surface area (Å²) in [5.41, 5.74) is -3.58. The highest BCUT2D eigenvalue weighted by atomic mass is 16.6. The first-order chi connectivity index (χ1) is 11.9. The second-order valence-corrected chi connectivity index (χ2v) is 5.33. The van der Waals surface area contributed by atoms with Crippen LogP contribution >= 0.6 is 0 Å². The molecule has 130 valence electrons. The number of aliphatic hydroxyl groups is 2. The normalized spacial score (nSPS) is 21.8. The van der Waals surface area contributed by atoms with Crippen LogP contribution < -0.4 is 10.2 Å². The van der Waals surface area contributed by atoms with Crippen molar-refractivity contribution in [2.24, 2.45) is 0 Å². The molecule has 1 aliphatic rings. The molecule has 2 aromatic rings. The highest BCUT2D eigenvalue weighted by molar-refractivity contribution is 5.83. The van der Waals surface area contributed by atoms with Crippen LogP contribution in [-0.4, -0.2) is 34.5 Å². The number of phenolic OH excluding ortho intramolecular Hbond substituents is 1. The topological polar surface area (TPSA) is 126 Å². The maximum atomic E-state index is 12.6. The van der Waals surface area contributed by atoms with Gasteiger partial charge in [-0.1, -0.05) is 0 Å². The maximum absolute atomic E-state index is 12.6. The first kappa shape index (κ1) is 16.7. The van der Waals surface area contributed by atoms with Gasteiger partial charge in [-0.2, -0.15) is 0 Å². The maximum Gasteiger partial charge on any atom is 0.346 e. The standard InChI is InChI=1S/C17H14O8/c1-23-16(21)17(22)13(20)6-7-24-15-14(17)11(19)8-12(25-15)9-2-4-10(18)5-3-9/h2-8,13,18,20,22H,1H3. The number of hydrogen-bond acceptors (Lipinski definition) is 8. The van der Waals surface area contributed by atoms with E-state index in [1.54, 1.807) is 0 Å². The number of methoxy groups -OCH3 is 1. The Labute approximate surface area is 141 Å². The molecule has 0 amide bonds. The predicted octanol–water partition coefficient (Wildman–Crippen LogP) is 0.640. The van der Waals surface area contributed by atoms with Crippen molar-refractivity contribution < 1.29 is 34.0 Å². The molecule has 1 aromatic carbocycles. The van der Waals surface area contributed by atoms with Crippen LogP contribution in [0, 0.1) is 0 Å². The van der Waals surface area contributed by atoms with E-state index in [2.05, 4.69) is 4.74 Å². The molecule has 0 aliphatic carbocycles. The molecule has 0 fully saturated rings. The van der Waals surface area contributed by atoms with Crippen molar-refractivity contribution in [1.29, 1.82) is 0 Å². The lowest BCUT2D eigenvalue weighted by atomic mass is 9.88. The largest absolute Gasteiger partial charge is 0.508 e. The molecule has 2 heterocycles. The summed E-state index contributed by atoms with van der Waals surface area (Å²) in [7, 11) is 1.01. The molecule has 2 atom stereocenters. The Bertz CT molecular complexity index is 896. The van der Waals surface area contributed by atoms with Crippen LogP contribution in [0.1, 0.15) is 5.56 Å². The van der Waals surface area contributed by atoms with E-state index in [1.165, 1.54) is 24.3 Å². The highest BCUT2D eigenvalue weighted by Gasteiger charge is 2.51. The number of fused-ring (bicyclic) bond motifs is 1. The van der Waals surface area contributed by atoms with Gasteiger partial charge < -0.3 is 29.2 Å². The summed E-state index contributed by atoms with van der Waals surface area (Å²) in [6, 6.07) is 6.86. The molecular formula is C17H14O8. The predicted molar refractivity (Wildman–Crippen MR) is 83.8 cm³/mol. The van der Waals surface area contributed by atoms with Gasteiger partial charge in [0.1, 0.15) is 23.2 Å². The minimum atomic E-state index is -2.68. The molecular weight excluding hydrogens is 332 g/mol. The second-order valence-electron chi connectivity index (χ2n) is 5.33. The highest BCUT2D eigenvalue weighted by Crippen LogP contribution is 2.37. The number of ether oxygens (including phenoxy) is 2. The molecule has 8 heteroatoms. The van der Waals surface area contributed by atoms with Crippen LogP contribution in [0.3, 0.4) is 0 Å². The summed E-state index contributed by atoms with van der Waals surface area (Å²) in [6.45, 7) is 0. The van der Waals surface area contributed by atoms with Gasteiger partial charge in [0.15, 0.2) is 5.43 Å². The third kappa shape index (κ3) is 2.67. The van der Waals surface area contributed by atoms with Crippen molar-refractivity contribution in [3.05, 3.63) is 58.5 Å². The van der Waals surface area contributed by atoms with Crippen molar-refractivity contribution in [2.45, 2.75) is 11.7 Å². The van der Waals surface area contributed by atoms with E-state index in [1.807, 2.05) is 0 Å². The molecule has 3 rings (SSSR count). The fourth-order valence-corrected chi connectivity index (χ4v) is 2.51. The minimum absolute atomic E-state index is 0.0308. The number of esters is 1. The average molecular weight is 346 g/mol. The quantitative estimate of drug-likeness (QED) is 0.676. The van der Waals surface area contributed by atoms with E-state index in [4.69, 9.17) is 9.15 Å². The third-order valence-corrected chi connectivity index (χ3v) is 3.81. The molecule has 0 saturated carbocycles. The number of carbonyl (C=O) groups excluding carboxylic acids is 1. The van der Waals surface area contributed by atoms with Crippen LogP contribution in [0.4, 0.5) is 0 Å². The average Bonchev–Trinajstić information content (AvgIpc) is 2.72. The number of aromatic hydroxyl groups is 1. The van der Waals surface area contributed by atoms with Gasteiger partial charge in [-0.3, -0.25) is 4.79 Å². The van der Waals surface area contributed by atoms with Gasteiger partial charge in [-0.25, -0.2) is 4.79 Å². The van der Waals surface area contributed by atoms with Crippen molar-refractivity contribution in [3.63, 3.8) is 0 Å². The van der Waals surface area contributed by atoms with Crippen molar-refractivity contribution in [2.75, 3.05) is 7.11 Å². The van der Waals surface area contributed by atoms with Crippen LogP contribution in [0.2, 0.25) is 0 Å². The number of aliphatic hydroxyl groups excluding tert-OH is 1. The van der Waals surface area contributed by atoms with Crippen LogP contribution in [0.25, 0.3) is 11.3 Å². The zero-order valence-electron chi connectivity index (χ0n) is 13.0. The fraction of sp³-hybridized carbons (Fsp3) is 0.176. The van der Waals surface area contributed by atoms with E-state index >= 15 is 0 Å². The number of rotatable bonds is 2. The molecule has 1 aromatic heterocycles. The van der Waals surface area contributed by atoms with Crippen molar-refractivity contribution in [3.8, 4) is 23.0 Å². The summed E-state index contributed by atoms with van der Waals surface area (Å²) in [4.78, 5) is 24.6. The number of benzene rings is 1. The Kier molecular flexibility index (Phi) is 4.07. The van der Waals surface area contributed by atoms with Gasteiger partial charge in [-0.05, 0) is 30.3 Å². The van der Waals surface area contributed by atoms with Gasteiger partial charge in [0.05, 0.1) is 13.4 Å².